The number of anilines is 1. The molecule has 1 aliphatic rings. The lowest BCUT2D eigenvalue weighted by atomic mass is 9.98. The van der Waals surface area contributed by atoms with Gasteiger partial charge in [0.1, 0.15) is 6.10 Å². The van der Waals surface area contributed by atoms with E-state index < -0.39 is 9.73 Å². The van der Waals surface area contributed by atoms with Gasteiger partial charge in [-0.1, -0.05) is 29.8 Å². The molecule has 2 atom stereocenters. The van der Waals surface area contributed by atoms with Crippen LogP contribution in [-0.2, 0) is 22.8 Å². The SMILES string of the molecule is Cc1ccc2c(c1)[C@@H](C)Oc1cc(nnc1N)-c1cc(S(C)(=N)=O)ccc1CN(C)C2. The van der Waals surface area contributed by atoms with E-state index in [1.807, 2.05) is 13.0 Å². The van der Waals surface area contributed by atoms with Crippen LogP contribution in [0.3, 0.4) is 0 Å². The summed E-state index contributed by atoms with van der Waals surface area (Å²) in [4.78, 5) is 2.67. The summed E-state index contributed by atoms with van der Waals surface area (Å²) >= 11 is 0. The lowest BCUT2D eigenvalue weighted by molar-refractivity contribution is 0.223. The average molecular weight is 438 g/mol. The predicted octanol–water partition coefficient (Wildman–Crippen LogP) is 4.16. The van der Waals surface area contributed by atoms with E-state index in [0.29, 0.717) is 22.9 Å². The highest BCUT2D eigenvalue weighted by Crippen LogP contribution is 2.34. The summed E-state index contributed by atoms with van der Waals surface area (Å²) in [6, 6.07) is 13.6. The van der Waals surface area contributed by atoms with Crippen molar-refractivity contribution >= 4 is 15.5 Å². The second-order valence-electron chi connectivity index (χ2n) is 8.28. The minimum atomic E-state index is -2.87. The number of rotatable bonds is 1. The first-order valence-corrected chi connectivity index (χ1v) is 12.0. The Morgan fingerprint density at radius 3 is 2.58 bits per heavy atom. The standard InChI is InChI=1S/C23H27N5O2S/c1-14-5-6-16-12-28(3)13-17-7-8-18(31(4,25)29)10-20(17)21-11-22(23(24)27-26-21)30-15(2)19(16)9-14/h5-11,15,25H,12-13H2,1-4H3,(H2,24,27)/t15-,31?/m1/s1. The zero-order valence-electron chi connectivity index (χ0n) is 18.2. The van der Waals surface area contributed by atoms with E-state index in [4.69, 9.17) is 15.3 Å². The number of nitrogen functional groups attached to an aromatic ring is 1. The molecule has 2 bridgehead atoms. The van der Waals surface area contributed by atoms with Crippen molar-refractivity contribution in [3.05, 3.63) is 64.7 Å². The predicted molar refractivity (Wildman–Crippen MR) is 122 cm³/mol. The van der Waals surface area contributed by atoms with Gasteiger partial charge < -0.3 is 10.5 Å². The Morgan fingerprint density at radius 1 is 1.13 bits per heavy atom. The van der Waals surface area contributed by atoms with Crippen molar-refractivity contribution in [2.75, 3.05) is 19.0 Å². The first-order valence-electron chi connectivity index (χ1n) is 10.1. The third-order valence-corrected chi connectivity index (χ3v) is 6.67. The number of aryl methyl sites for hydroxylation is 1. The third-order valence-electron chi connectivity index (χ3n) is 5.52. The normalized spacial score (nSPS) is 18.5. The Hall–Kier alpha value is -2.97. The maximum Gasteiger partial charge on any atom is 0.188 e. The number of benzene rings is 2. The van der Waals surface area contributed by atoms with Gasteiger partial charge in [-0.25, -0.2) is 8.99 Å². The van der Waals surface area contributed by atoms with Crippen LogP contribution in [0.25, 0.3) is 11.3 Å². The summed E-state index contributed by atoms with van der Waals surface area (Å²) in [7, 11) is -0.810. The summed E-state index contributed by atoms with van der Waals surface area (Å²) in [6.45, 7) is 5.46. The number of hydrogen-bond acceptors (Lipinski definition) is 7. The molecule has 4 rings (SSSR count). The van der Waals surface area contributed by atoms with Gasteiger partial charge in [0.15, 0.2) is 11.6 Å². The summed E-state index contributed by atoms with van der Waals surface area (Å²) in [6.07, 6.45) is 1.19. The Labute approximate surface area is 183 Å². The molecule has 0 fully saturated rings. The molecule has 0 aliphatic carbocycles. The van der Waals surface area contributed by atoms with Gasteiger partial charge in [-0.15, -0.1) is 10.2 Å². The number of aromatic nitrogens is 2. The van der Waals surface area contributed by atoms with Crippen LogP contribution in [0.1, 0.15) is 35.3 Å². The van der Waals surface area contributed by atoms with Gasteiger partial charge in [0.2, 0.25) is 0 Å². The number of ether oxygens (including phenoxy) is 1. The van der Waals surface area contributed by atoms with E-state index in [0.717, 1.165) is 23.2 Å². The highest BCUT2D eigenvalue weighted by atomic mass is 32.2. The van der Waals surface area contributed by atoms with Gasteiger partial charge >= 0.3 is 0 Å². The summed E-state index contributed by atoms with van der Waals surface area (Å²) in [5.41, 5.74) is 11.9. The van der Waals surface area contributed by atoms with Crippen molar-refractivity contribution in [3.8, 4) is 17.0 Å². The van der Waals surface area contributed by atoms with Crippen LogP contribution >= 0.6 is 0 Å². The fourth-order valence-corrected chi connectivity index (χ4v) is 4.58. The molecule has 0 spiro atoms. The van der Waals surface area contributed by atoms with Crippen LogP contribution < -0.4 is 10.5 Å². The average Bonchev–Trinajstić information content (AvgIpc) is 2.69. The van der Waals surface area contributed by atoms with Crippen molar-refractivity contribution in [1.82, 2.24) is 15.1 Å². The Morgan fingerprint density at radius 2 is 1.84 bits per heavy atom. The molecular weight excluding hydrogens is 410 g/mol. The maximum atomic E-state index is 12.4. The monoisotopic (exact) mass is 437 g/mol. The number of fused-ring (bicyclic) bond motifs is 5. The van der Waals surface area contributed by atoms with Gasteiger partial charge in [-0.05, 0) is 49.7 Å². The molecule has 0 saturated carbocycles. The summed E-state index contributed by atoms with van der Waals surface area (Å²) < 4.78 is 26.6. The second kappa shape index (κ2) is 7.94. The van der Waals surface area contributed by atoms with E-state index >= 15 is 0 Å². The van der Waals surface area contributed by atoms with E-state index in [-0.39, 0.29) is 11.9 Å². The van der Waals surface area contributed by atoms with E-state index in [9.17, 15) is 4.21 Å². The fourth-order valence-electron chi connectivity index (χ4n) is 3.91. The summed E-state index contributed by atoms with van der Waals surface area (Å²) in [5.74, 6) is 0.676. The van der Waals surface area contributed by atoms with Gasteiger partial charge in [-0.2, -0.15) is 0 Å². The molecule has 2 heterocycles. The molecule has 3 aromatic rings. The first kappa shape index (κ1) is 21.3. The molecule has 7 nitrogen and oxygen atoms in total. The summed E-state index contributed by atoms with van der Waals surface area (Å²) in [5, 5.41) is 8.40. The maximum absolute atomic E-state index is 12.4. The smallest absolute Gasteiger partial charge is 0.188 e. The zero-order chi connectivity index (χ0) is 22.3. The van der Waals surface area contributed by atoms with E-state index in [2.05, 4.69) is 47.3 Å². The van der Waals surface area contributed by atoms with Crippen molar-refractivity contribution in [2.24, 2.45) is 0 Å². The molecule has 0 amide bonds. The lowest BCUT2D eigenvalue weighted by Crippen LogP contribution is -2.20. The van der Waals surface area contributed by atoms with Gasteiger partial charge in [0, 0.05) is 35.9 Å². The number of nitrogens with one attached hydrogen (secondary N) is 1. The van der Waals surface area contributed by atoms with Crippen LogP contribution in [0.2, 0.25) is 0 Å². The van der Waals surface area contributed by atoms with E-state index in [1.54, 1.807) is 18.2 Å². The highest BCUT2D eigenvalue weighted by Gasteiger charge is 2.20. The molecule has 3 N–H and O–H groups in total. The molecule has 1 unspecified atom stereocenters. The van der Waals surface area contributed by atoms with Crippen molar-refractivity contribution in [3.63, 3.8) is 0 Å². The lowest BCUT2D eigenvalue weighted by Gasteiger charge is -2.25. The van der Waals surface area contributed by atoms with Crippen LogP contribution in [-0.4, -0.2) is 32.6 Å². The number of hydrogen-bond donors (Lipinski definition) is 2. The number of nitrogens with zero attached hydrogens (tertiary/aromatic N) is 3. The van der Waals surface area contributed by atoms with Crippen LogP contribution in [0.4, 0.5) is 5.82 Å². The Kier molecular flexibility index (Phi) is 5.45. The Balaban J connectivity index is 1.92. The molecule has 0 saturated heterocycles. The zero-order valence-corrected chi connectivity index (χ0v) is 19.0. The van der Waals surface area contributed by atoms with Crippen LogP contribution in [0.5, 0.6) is 5.75 Å². The molecule has 162 valence electrons. The van der Waals surface area contributed by atoms with Crippen LogP contribution in [0, 0.1) is 11.7 Å². The fraction of sp³-hybridized carbons (Fsp3) is 0.304. The van der Waals surface area contributed by atoms with E-state index in [1.165, 1.54) is 17.4 Å². The van der Waals surface area contributed by atoms with Gasteiger partial charge in [0.25, 0.3) is 0 Å². The van der Waals surface area contributed by atoms with Gasteiger partial charge in [-0.3, -0.25) is 4.90 Å². The highest BCUT2D eigenvalue weighted by molar-refractivity contribution is 7.91. The molecular formula is C23H27N5O2S. The van der Waals surface area contributed by atoms with Gasteiger partial charge in [0.05, 0.1) is 15.4 Å². The Bertz CT molecular complexity index is 1260. The second-order valence-corrected chi connectivity index (χ2v) is 10.4. The van der Waals surface area contributed by atoms with Crippen molar-refractivity contribution in [1.29, 1.82) is 4.78 Å². The molecule has 8 heteroatoms. The number of nitrogens with two attached hydrogens (primary N) is 1. The minimum absolute atomic E-state index is 0.219. The molecule has 2 aromatic carbocycles. The molecule has 1 aromatic heterocycles. The first-order chi connectivity index (χ1) is 14.6. The molecule has 0 radical (unpaired) electrons. The van der Waals surface area contributed by atoms with Crippen LogP contribution in [0.15, 0.2) is 47.4 Å². The van der Waals surface area contributed by atoms with Crippen molar-refractivity contribution in [2.45, 2.75) is 37.9 Å². The van der Waals surface area contributed by atoms with Crippen molar-refractivity contribution < 1.29 is 8.95 Å². The quantitative estimate of drug-likeness (QED) is 0.592. The topological polar surface area (TPSA) is 105 Å². The molecule has 1 aliphatic heterocycles. The minimum Gasteiger partial charge on any atom is -0.482 e. The largest absolute Gasteiger partial charge is 0.482 e. The third kappa shape index (κ3) is 4.40. The molecule has 31 heavy (non-hydrogen) atoms.